The number of benzene rings is 1. The summed E-state index contributed by atoms with van der Waals surface area (Å²) >= 11 is 6.38. The van der Waals surface area contributed by atoms with Crippen LogP contribution in [-0.2, 0) is 6.42 Å². The lowest BCUT2D eigenvalue weighted by Crippen LogP contribution is -2.29. The largest absolute Gasteiger partial charge is 0.367 e. The Bertz CT molecular complexity index is 625. The first-order chi connectivity index (χ1) is 10.3. The first kappa shape index (κ1) is 14.1. The average Bonchev–Trinajstić information content (AvgIpc) is 3.01. The summed E-state index contributed by atoms with van der Waals surface area (Å²) in [6, 6.07) is 12.2. The highest BCUT2D eigenvalue weighted by atomic mass is 35.5. The predicted molar refractivity (Wildman–Crippen MR) is 86.8 cm³/mol. The van der Waals surface area contributed by atoms with Crippen LogP contribution in [0.1, 0.15) is 30.0 Å². The Hall–Kier alpha value is -1.87. The number of nitrogens with one attached hydrogen (secondary N) is 1. The van der Waals surface area contributed by atoms with Crippen LogP contribution >= 0.6 is 11.6 Å². The summed E-state index contributed by atoms with van der Waals surface area (Å²) in [5, 5.41) is 4.36. The molecule has 0 aliphatic carbocycles. The fraction of sp³-hybridized carbons (Fsp3) is 0.294. The summed E-state index contributed by atoms with van der Waals surface area (Å²) in [6.07, 6.45) is 6.67. The third-order valence-corrected chi connectivity index (χ3v) is 4.03. The maximum Gasteiger partial charge on any atom is 0.0968 e. The summed E-state index contributed by atoms with van der Waals surface area (Å²) in [6.45, 7) is 0.923. The van der Waals surface area contributed by atoms with Gasteiger partial charge in [0.1, 0.15) is 0 Å². The Labute approximate surface area is 130 Å². The maximum absolute atomic E-state index is 6.38. The number of nitrogens with zero attached hydrogens (tertiary/aromatic N) is 2. The quantitative estimate of drug-likeness (QED) is 0.932. The second-order valence-corrected chi connectivity index (χ2v) is 5.62. The highest BCUT2D eigenvalue weighted by Gasteiger charge is 2.18. The molecule has 0 bridgehead atoms. The molecule has 2 heterocycles. The van der Waals surface area contributed by atoms with Gasteiger partial charge in [0.15, 0.2) is 0 Å². The molecular formula is C17H18ClN3. The molecular weight excluding hydrogens is 282 g/mol. The van der Waals surface area contributed by atoms with Crippen molar-refractivity contribution in [3.05, 3.63) is 64.9 Å². The normalized spacial score (nSPS) is 15.6. The van der Waals surface area contributed by atoms with Crippen molar-refractivity contribution in [2.45, 2.75) is 25.3 Å². The van der Waals surface area contributed by atoms with Crippen molar-refractivity contribution in [2.75, 3.05) is 6.54 Å². The molecule has 0 fully saturated rings. The van der Waals surface area contributed by atoms with E-state index in [4.69, 9.17) is 11.6 Å². The van der Waals surface area contributed by atoms with E-state index in [1.165, 1.54) is 5.56 Å². The minimum absolute atomic E-state index is 0.137. The first-order valence-corrected chi connectivity index (χ1v) is 7.64. The van der Waals surface area contributed by atoms with Crippen molar-refractivity contribution >= 4 is 17.4 Å². The van der Waals surface area contributed by atoms with E-state index in [2.05, 4.69) is 21.4 Å². The second kappa shape index (κ2) is 6.72. The molecule has 108 valence electrons. The van der Waals surface area contributed by atoms with Crippen molar-refractivity contribution in [1.82, 2.24) is 10.3 Å². The van der Waals surface area contributed by atoms with Crippen LogP contribution in [0, 0.1) is 0 Å². The lowest BCUT2D eigenvalue weighted by molar-refractivity contribution is 0.638. The van der Waals surface area contributed by atoms with Crippen molar-refractivity contribution in [3.8, 4) is 0 Å². The van der Waals surface area contributed by atoms with Crippen LogP contribution in [-0.4, -0.2) is 17.4 Å². The number of hydrogen-bond donors (Lipinski definition) is 1. The Morgan fingerprint density at radius 1 is 1.14 bits per heavy atom. The van der Waals surface area contributed by atoms with Gasteiger partial charge in [-0.05, 0) is 42.2 Å². The van der Waals surface area contributed by atoms with Gasteiger partial charge in [0.25, 0.3) is 0 Å². The zero-order valence-corrected chi connectivity index (χ0v) is 12.6. The van der Waals surface area contributed by atoms with Gasteiger partial charge in [-0.3, -0.25) is 9.98 Å². The molecule has 0 amide bonds. The molecule has 0 radical (unpaired) electrons. The number of rotatable bonds is 4. The fourth-order valence-electron chi connectivity index (χ4n) is 2.61. The minimum Gasteiger partial charge on any atom is -0.367 e. The fourth-order valence-corrected chi connectivity index (χ4v) is 2.88. The number of halogens is 1. The summed E-state index contributed by atoms with van der Waals surface area (Å²) in [7, 11) is 0. The topological polar surface area (TPSA) is 37.3 Å². The molecule has 1 aromatic carbocycles. The van der Waals surface area contributed by atoms with E-state index in [0.717, 1.165) is 42.2 Å². The highest BCUT2D eigenvalue weighted by molar-refractivity contribution is 6.31. The Kier molecular flexibility index (Phi) is 4.51. The molecule has 1 aromatic heterocycles. The predicted octanol–water partition coefficient (Wildman–Crippen LogP) is 3.80. The van der Waals surface area contributed by atoms with Crippen LogP contribution in [0.25, 0.3) is 0 Å². The van der Waals surface area contributed by atoms with Crippen LogP contribution in [0.4, 0.5) is 0 Å². The van der Waals surface area contributed by atoms with Crippen LogP contribution in [0.2, 0.25) is 5.02 Å². The molecule has 21 heavy (non-hydrogen) atoms. The van der Waals surface area contributed by atoms with Crippen molar-refractivity contribution < 1.29 is 0 Å². The lowest BCUT2D eigenvalue weighted by atomic mass is 9.99. The smallest absolute Gasteiger partial charge is 0.0968 e. The van der Waals surface area contributed by atoms with Gasteiger partial charge in [0, 0.05) is 30.4 Å². The number of pyridine rings is 1. The maximum atomic E-state index is 6.38. The zero-order chi connectivity index (χ0) is 14.5. The molecule has 0 saturated heterocycles. The molecule has 0 spiro atoms. The van der Waals surface area contributed by atoms with E-state index in [0.29, 0.717) is 0 Å². The molecule has 1 aliphatic rings. The summed E-state index contributed by atoms with van der Waals surface area (Å²) in [4.78, 5) is 8.60. The summed E-state index contributed by atoms with van der Waals surface area (Å²) < 4.78 is 0. The monoisotopic (exact) mass is 299 g/mol. The molecule has 1 N–H and O–H groups in total. The van der Waals surface area contributed by atoms with E-state index in [9.17, 15) is 0 Å². The van der Waals surface area contributed by atoms with Crippen LogP contribution in [0.5, 0.6) is 0 Å². The number of aliphatic imine (C=N–C) groups is 1. The average molecular weight is 300 g/mol. The van der Waals surface area contributed by atoms with Gasteiger partial charge in [-0.1, -0.05) is 29.8 Å². The van der Waals surface area contributed by atoms with Crippen molar-refractivity contribution in [2.24, 2.45) is 4.99 Å². The molecule has 1 unspecified atom stereocenters. The van der Waals surface area contributed by atoms with Gasteiger partial charge in [-0.15, -0.1) is 0 Å². The van der Waals surface area contributed by atoms with Gasteiger partial charge < -0.3 is 5.32 Å². The van der Waals surface area contributed by atoms with Gasteiger partial charge in [-0.2, -0.15) is 0 Å². The first-order valence-electron chi connectivity index (χ1n) is 7.26. The summed E-state index contributed by atoms with van der Waals surface area (Å²) in [5.74, 6) is 1.09. The van der Waals surface area contributed by atoms with E-state index in [1.54, 1.807) is 0 Å². The Balaban J connectivity index is 1.85. The molecule has 2 aromatic rings. The van der Waals surface area contributed by atoms with Gasteiger partial charge in [0.05, 0.1) is 11.9 Å². The van der Waals surface area contributed by atoms with E-state index in [-0.39, 0.29) is 6.04 Å². The highest BCUT2D eigenvalue weighted by Crippen LogP contribution is 2.26. The van der Waals surface area contributed by atoms with Gasteiger partial charge in [-0.25, -0.2) is 0 Å². The number of hydrogen-bond acceptors (Lipinski definition) is 3. The van der Waals surface area contributed by atoms with Gasteiger partial charge in [0.2, 0.25) is 0 Å². The standard InChI is InChI=1S/C17H18ClN3/c18-15-5-2-1-4-14(15)16(21-17-6-3-9-20-17)12-13-7-10-19-11-8-13/h1-2,4-5,7-8,10-11,16H,3,6,9,12H2,(H,20,21). The third kappa shape index (κ3) is 3.61. The van der Waals surface area contributed by atoms with E-state index < -0.39 is 0 Å². The van der Waals surface area contributed by atoms with Crippen LogP contribution in [0.15, 0.2) is 53.8 Å². The summed E-state index contributed by atoms with van der Waals surface area (Å²) in [5.41, 5.74) is 2.35. The minimum atomic E-state index is 0.137. The lowest BCUT2D eigenvalue weighted by Gasteiger charge is -2.21. The molecule has 4 heteroatoms. The Morgan fingerprint density at radius 3 is 2.67 bits per heavy atom. The van der Waals surface area contributed by atoms with Gasteiger partial charge >= 0.3 is 0 Å². The Morgan fingerprint density at radius 2 is 1.95 bits per heavy atom. The van der Waals surface area contributed by atoms with E-state index >= 15 is 0 Å². The number of aromatic nitrogens is 1. The molecule has 1 atom stereocenters. The van der Waals surface area contributed by atoms with Crippen molar-refractivity contribution in [3.63, 3.8) is 0 Å². The molecule has 3 rings (SSSR count). The SMILES string of the molecule is Clc1ccccc1C(Cc1ccncc1)NC1=NCCC1. The van der Waals surface area contributed by atoms with Crippen molar-refractivity contribution in [1.29, 1.82) is 0 Å². The number of amidine groups is 1. The van der Waals surface area contributed by atoms with Crippen LogP contribution < -0.4 is 5.32 Å². The van der Waals surface area contributed by atoms with Crippen LogP contribution in [0.3, 0.4) is 0 Å². The second-order valence-electron chi connectivity index (χ2n) is 5.21. The van der Waals surface area contributed by atoms with E-state index in [1.807, 2.05) is 42.7 Å². The molecule has 0 saturated carbocycles. The third-order valence-electron chi connectivity index (χ3n) is 3.69. The zero-order valence-electron chi connectivity index (χ0n) is 11.8. The molecule has 1 aliphatic heterocycles. The molecule has 3 nitrogen and oxygen atoms in total.